The van der Waals surface area contributed by atoms with E-state index in [-0.39, 0.29) is 6.61 Å². The maximum absolute atomic E-state index is 8.62. The molecule has 6 nitrogen and oxygen atoms in total. The summed E-state index contributed by atoms with van der Waals surface area (Å²) in [7, 11) is 0. The number of hydrogen-bond donors (Lipinski definition) is 1. The number of nitrogens with zero attached hydrogens (tertiary/aromatic N) is 4. The molecule has 1 N–H and O–H groups in total. The summed E-state index contributed by atoms with van der Waals surface area (Å²) in [6.45, 7) is 0.0177. The van der Waals surface area contributed by atoms with E-state index in [1.165, 1.54) is 11.1 Å². The lowest BCUT2D eigenvalue weighted by Crippen LogP contribution is -1.98. The van der Waals surface area contributed by atoms with Crippen molar-refractivity contribution >= 4 is 0 Å². The molecule has 0 radical (unpaired) electrons. The maximum atomic E-state index is 8.62. The Balaban J connectivity index is 2.23. The maximum Gasteiger partial charge on any atom is 0.239 e. The highest BCUT2D eigenvalue weighted by atomic mass is 16.3. The van der Waals surface area contributed by atoms with Crippen LogP contribution in [0.15, 0.2) is 22.8 Å². The second kappa shape index (κ2) is 3.36. The zero-order valence-electron chi connectivity index (χ0n) is 6.79. The summed E-state index contributed by atoms with van der Waals surface area (Å²) < 4.78 is 5.05. The van der Waals surface area contributed by atoms with Crippen LogP contribution in [0, 0.1) is 0 Å². The summed E-state index contributed by atoms with van der Waals surface area (Å²) in [6, 6.07) is 3.47. The fourth-order valence-electron chi connectivity index (χ4n) is 0.920. The number of aliphatic hydroxyl groups excluding tert-OH is 1. The lowest BCUT2D eigenvalue weighted by molar-refractivity contribution is 0.296. The molecule has 0 aliphatic heterocycles. The van der Waals surface area contributed by atoms with Gasteiger partial charge in [0.05, 0.1) is 12.9 Å². The van der Waals surface area contributed by atoms with Gasteiger partial charge in [0, 0.05) is 12.5 Å². The molecule has 0 saturated heterocycles. The second-order valence-corrected chi connectivity index (χ2v) is 2.42. The molecule has 0 aliphatic rings. The molecule has 68 valence electrons. The minimum Gasteiger partial charge on any atom is -0.445 e. The molecule has 6 heteroatoms. The van der Waals surface area contributed by atoms with Crippen molar-refractivity contribution in [2.24, 2.45) is 0 Å². The van der Waals surface area contributed by atoms with Crippen molar-refractivity contribution in [1.29, 1.82) is 0 Å². The number of furan rings is 1. The molecule has 0 amide bonds. The van der Waals surface area contributed by atoms with Gasteiger partial charge in [-0.25, -0.2) is 0 Å². The van der Waals surface area contributed by atoms with Gasteiger partial charge in [0.1, 0.15) is 0 Å². The molecule has 2 rings (SSSR count). The fraction of sp³-hybridized carbons (Fsp3) is 0.286. The summed E-state index contributed by atoms with van der Waals surface area (Å²) in [5.74, 6) is 1.01. The van der Waals surface area contributed by atoms with Crippen LogP contribution in [0.3, 0.4) is 0 Å². The quantitative estimate of drug-likeness (QED) is 0.707. The highest BCUT2D eigenvalue weighted by Gasteiger charge is 2.04. The van der Waals surface area contributed by atoms with Gasteiger partial charge in [0.15, 0.2) is 5.82 Å². The smallest absolute Gasteiger partial charge is 0.239 e. The number of aliphatic hydroxyl groups is 1. The number of rotatable bonds is 3. The standard InChI is InChI=1S/C7H8N4O2/c12-4-3-6-8-10-11(9-6)7-2-1-5-13-7/h1-2,5,12H,3-4H2. The predicted octanol–water partition coefficient (Wildman–Crippen LogP) is -0.210. The molecular weight excluding hydrogens is 172 g/mol. The third kappa shape index (κ3) is 1.57. The average molecular weight is 180 g/mol. The molecule has 0 spiro atoms. The van der Waals surface area contributed by atoms with Crippen molar-refractivity contribution < 1.29 is 9.52 Å². The summed E-state index contributed by atoms with van der Waals surface area (Å²) in [5, 5.41) is 20.1. The molecule has 0 unspecified atom stereocenters. The Morgan fingerprint density at radius 1 is 1.54 bits per heavy atom. The van der Waals surface area contributed by atoms with Gasteiger partial charge in [-0.2, -0.15) is 0 Å². The number of hydrogen-bond acceptors (Lipinski definition) is 5. The molecule has 13 heavy (non-hydrogen) atoms. The van der Waals surface area contributed by atoms with Crippen LogP contribution in [-0.2, 0) is 6.42 Å². The Kier molecular flexibility index (Phi) is 2.05. The Hall–Kier alpha value is -1.69. The Morgan fingerprint density at radius 2 is 2.46 bits per heavy atom. The Bertz CT molecular complexity index is 368. The van der Waals surface area contributed by atoms with Crippen molar-refractivity contribution in [3.05, 3.63) is 24.2 Å². The van der Waals surface area contributed by atoms with E-state index in [2.05, 4.69) is 15.4 Å². The van der Waals surface area contributed by atoms with E-state index in [1.54, 1.807) is 12.1 Å². The van der Waals surface area contributed by atoms with Crippen LogP contribution in [0.25, 0.3) is 5.88 Å². The molecule has 0 atom stereocenters. The highest BCUT2D eigenvalue weighted by Crippen LogP contribution is 2.03. The first kappa shape index (κ1) is 7.93. The van der Waals surface area contributed by atoms with Gasteiger partial charge in [-0.05, 0) is 11.3 Å². The Morgan fingerprint density at radius 3 is 3.15 bits per heavy atom. The van der Waals surface area contributed by atoms with Crippen LogP contribution < -0.4 is 0 Å². The van der Waals surface area contributed by atoms with Gasteiger partial charge in [-0.3, -0.25) is 0 Å². The molecule has 0 saturated carbocycles. The zero-order chi connectivity index (χ0) is 9.10. The topological polar surface area (TPSA) is 77.0 Å². The van der Waals surface area contributed by atoms with E-state index in [0.717, 1.165) is 0 Å². The molecule has 2 aromatic rings. The molecule has 0 fully saturated rings. The van der Waals surface area contributed by atoms with Crippen LogP contribution in [0.2, 0.25) is 0 Å². The Labute approximate surface area is 73.8 Å². The van der Waals surface area contributed by atoms with Crippen LogP contribution in [0.5, 0.6) is 0 Å². The highest BCUT2D eigenvalue weighted by molar-refractivity contribution is 5.12. The van der Waals surface area contributed by atoms with E-state index < -0.39 is 0 Å². The largest absolute Gasteiger partial charge is 0.445 e. The van der Waals surface area contributed by atoms with E-state index in [0.29, 0.717) is 18.1 Å². The fourth-order valence-corrected chi connectivity index (χ4v) is 0.920. The molecule has 2 aromatic heterocycles. The lowest BCUT2D eigenvalue weighted by atomic mass is 10.4. The van der Waals surface area contributed by atoms with Crippen molar-refractivity contribution in [3.8, 4) is 5.88 Å². The zero-order valence-corrected chi connectivity index (χ0v) is 6.79. The number of tetrazole rings is 1. The van der Waals surface area contributed by atoms with E-state index in [1.807, 2.05) is 0 Å². The predicted molar refractivity (Wildman–Crippen MR) is 42.2 cm³/mol. The summed E-state index contributed by atoms with van der Waals surface area (Å²) >= 11 is 0. The first-order valence-corrected chi connectivity index (χ1v) is 3.84. The van der Waals surface area contributed by atoms with E-state index >= 15 is 0 Å². The number of aromatic nitrogens is 4. The summed E-state index contributed by atoms with van der Waals surface area (Å²) in [4.78, 5) is 1.28. The molecular formula is C7H8N4O2. The van der Waals surface area contributed by atoms with Gasteiger partial charge < -0.3 is 9.52 Å². The summed E-state index contributed by atoms with van der Waals surface area (Å²) in [6.07, 6.45) is 1.94. The molecule has 0 aliphatic carbocycles. The van der Waals surface area contributed by atoms with E-state index in [9.17, 15) is 0 Å². The second-order valence-electron chi connectivity index (χ2n) is 2.42. The molecule has 2 heterocycles. The van der Waals surface area contributed by atoms with Gasteiger partial charge in [-0.1, -0.05) is 4.80 Å². The minimum atomic E-state index is 0.0177. The third-order valence-corrected chi connectivity index (χ3v) is 1.49. The third-order valence-electron chi connectivity index (χ3n) is 1.49. The van der Waals surface area contributed by atoms with Crippen LogP contribution in [0.1, 0.15) is 5.82 Å². The van der Waals surface area contributed by atoms with E-state index in [4.69, 9.17) is 9.52 Å². The average Bonchev–Trinajstić information content (AvgIpc) is 2.70. The molecule has 0 bridgehead atoms. The monoisotopic (exact) mass is 180 g/mol. The van der Waals surface area contributed by atoms with Crippen molar-refractivity contribution in [1.82, 2.24) is 20.2 Å². The first-order chi connectivity index (χ1) is 6.40. The van der Waals surface area contributed by atoms with Crippen molar-refractivity contribution in [3.63, 3.8) is 0 Å². The summed E-state index contributed by atoms with van der Waals surface area (Å²) in [5.41, 5.74) is 0. The van der Waals surface area contributed by atoms with Gasteiger partial charge in [0.2, 0.25) is 5.88 Å². The first-order valence-electron chi connectivity index (χ1n) is 3.84. The van der Waals surface area contributed by atoms with Gasteiger partial charge in [0.25, 0.3) is 0 Å². The minimum absolute atomic E-state index is 0.0177. The molecule has 0 aromatic carbocycles. The van der Waals surface area contributed by atoms with Crippen LogP contribution in [0.4, 0.5) is 0 Å². The van der Waals surface area contributed by atoms with Crippen LogP contribution in [-0.4, -0.2) is 31.9 Å². The normalized spacial score (nSPS) is 10.5. The SMILES string of the molecule is OCCc1nnn(-c2ccco2)n1. The lowest BCUT2D eigenvalue weighted by Gasteiger charge is -1.88. The van der Waals surface area contributed by atoms with Gasteiger partial charge in [-0.15, -0.1) is 10.2 Å². The van der Waals surface area contributed by atoms with Crippen molar-refractivity contribution in [2.75, 3.05) is 6.61 Å². The van der Waals surface area contributed by atoms with Crippen LogP contribution >= 0.6 is 0 Å². The van der Waals surface area contributed by atoms with Gasteiger partial charge >= 0.3 is 0 Å². The van der Waals surface area contributed by atoms with Crippen molar-refractivity contribution in [2.45, 2.75) is 6.42 Å².